The highest BCUT2D eigenvalue weighted by molar-refractivity contribution is 6.07. The maximum Gasteiger partial charge on any atom is 0.185 e. The number of carbonyl (C=O) groups is 1. The number of hydrogen-bond donors (Lipinski definition) is 0. The molecule has 2 aromatic carbocycles. The first kappa shape index (κ1) is 19.0. The van der Waals surface area contributed by atoms with Crippen LogP contribution in [0.1, 0.15) is 15.9 Å². The fourth-order valence-electron chi connectivity index (χ4n) is 3.12. The Morgan fingerprint density at radius 2 is 1.59 bits per heavy atom. The van der Waals surface area contributed by atoms with Crippen molar-refractivity contribution in [2.24, 2.45) is 0 Å². The van der Waals surface area contributed by atoms with Gasteiger partial charge >= 0.3 is 0 Å². The number of nitrogens with zero attached hydrogens (tertiary/aromatic N) is 2. The molecule has 1 aliphatic heterocycles. The molecule has 0 radical (unpaired) electrons. The zero-order valence-electron chi connectivity index (χ0n) is 16.1. The van der Waals surface area contributed by atoms with Crippen molar-refractivity contribution in [3.8, 4) is 11.5 Å². The number of carbonyl (C=O) groups excluding carboxylic acids is 1. The van der Waals surface area contributed by atoms with E-state index in [0.29, 0.717) is 17.1 Å². The van der Waals surface area contributed by atoms with E-state index < -0.39 is 0 Å². The minimum absolute atomic E-state index is 0.0703. The van der Waals surface area contributed by atoms with Crippen molar-refractivity contribution in [2.75, 3.05) is 52.3 Å². The van der Waals surface area contributed by atoms with Gasteiger partial charge in [0.25, 0.3) is 0 Å². The first-order valence-electron chi connectivity index (χ1n) is 9.08. The topological polar surface area (TPSA) is 42.0 Å². The van der Waals surface area contributed by atoms with Crippen molar-refractivity contribution in [3.05, 3.63) is 59.7 Å². The van der Waals surface area contributed by atoms with Crippen LogP contribution in [0.4, 0.5) is 5.69 Å². The quantitative estimate of drug-likeness (QED) is 0.579. The molecule has 0 atom stereocenters. The van der Waals surface area contributed by atoms with Crippen molar-refractivity contribution >= 4 is 17.5 Å². The van der Waals surface area contributed by atoms with E-state index in [9.17, 15) is 4.79 Å². The predicted molar refractivity (Wildman–Crippen MR) is 109 cm³/mol. The van der Waals surface area contributed by atoms with Crippen LogP contribution >= 0.6 is 0 Å². The van der Waals surface area contributed by atoms with Crippen LogP contribution in [0, 0.1) is 0 Å². The third-order valence-electron chi connectivity index (χ3n) is 4.86. The Morgan fingerprint density at radius 3 is 2.22 bits per heavy atom. The lowest BCUT2D eigenvalue weighted by molar-refractivity contribution is 0.104. The summed E-state index contributed by atoms with van der Waals surface area (Å²) in [6.07, 6.45) is 3.43. The number of benzene rings is 2. The molecular formula is C22H26N2O3. The molecule has 5 nitrogen and oxygen atoms in total. The zero-order valence-corrected chi connectivity index (χ0v) is 16.1. The van der Waals surface area contributed by atoms with Crippen LogP contribution in [-0.2, 0) is 0 Å². The molecule has 0 unspecified atom stereocenters. The normalized spacial score (nSPS) is 15.1. The summed E-state index contributed by atoms with van der Waals surface area (Å²) in [6.45, 7) is 4.26. The van der Waals surface area contributed by atoms with Crippen LogP contribution in [0.5, 0.6) is 11.5 Å². The van der Waals surface area contributed by atoms with Gasteiger partial charge in [-0.1, -0.05) is 18.2 Å². The smallest absolute Gasteiger partial charge is 0.185 e. The number of methoxy groups -OCH3 is 2. The minimum Gasteiger partial charge on any atom is -0.493 e. The van der Waals surface area contributed by atoms with Gasteiger partial charge in [0.1, 0.15) is 0 Å². The SMILES string of the molecule is COc1ccc(C(=O)/C=C/c2ccc(N3CCN(C)CC3)cc2)cc1OC. The lowest BCUT2D eigenvalue weighted by Crippen LogP contribution is -2.44. The van der Waals surface area contributed by atoms with E-state index in [1.807, 2.05) is 18.2 Å². The summed E-state index contributed by atoms with van der Waals surface area (Å²) < 4.78 is 10.5. The molecule has 142 valence electrons. The molecule has 27 heavy (non-hydrogen) atoms. The van der Waals surface area contributed by atoms with Crippen molar-refractivity contribution < 1.29 is 14.3 Å². The Hall–Kier alpha value is -2.79. The highest BCUT2D eigenvalue weighted by Crippen LogP contribution is 2.28. The fraction of sp³-hybridized carbons (Fsp3) is 0.318. The molecule has 0 saturated carbocycles. The molecule has 1 aliphatic rings. The van der Waals surface area contributed by atoms with Crippen molar-refractivity contribution in [3.63, 3.8) is 0 Å². The number of ether oxygens (including phenoxy) is 2. The Kier molecular flexibility index (Phi) is 6.14. The minimum atomic E-state index is -0.0703. The number of piperazine rings is 1. The summed E-state index contributed by atoms with van der Waals surface area (Å²) in [7, 11) is 5.29. The van der Waals surface area contributed by atoms with E-state index in [-0.39, 0.29) is 5.78 Å². The van der Waals surface area contributed by atoms with Gasteiger partial charge in [-0.25, -0.2) is 0 Å². The van der Waals surface area contributed by atoms with E-state index in [1.54, 1.807) is 38.5 Å². The van der Waals surface area contributed by atoms with Crippen LogP contribution in [0.2, 0.25) is 0 Å². The van der Waals surface area contributed by atoms with Crippen LogP contribution in [0.25, 0.3) is 6.08 Å². The molecule has 1 heterocycles. The Labute approximate surface area is 160 Å². The van der Waals surface area contributed by atoms with Gasteiger partial charge in [-0.05, 0) is 49.0 Å². The number of likely N-dealkylation sites (N-methyl/N-ethyl adjacent to an activating group) is 1. The van der Waals surface area contributed by atoms with Gasteiger partial charge in [-0.2, -0.15) is 0 Å². The second kappa shape index (κ2) is 8.73. The average molecular weight is 366 g/mol. The summed E-state index contributed by atoms with van der Waals surface area (Å²) in [6, 6.07) is 13.5. The molecule has 0 spiro atoms. The maximum absolute atomic E-state index is 12.4. The Bertz CT molecular complexity index is 807. The van der Waals surface area contributed by atoms with Crippen molar-refractivity contribution in [1.29, 1.82) is 0 Å². The second-order valence-corrected chi connectivity index (χ2v) is 6.65. The van der Waals surface area contributed by atoms with Gasteiger partial charge in [-0.15, -0.1) is 0 Å². The van der Waals surface area contributed by atoms with Gasteiger partial charge in [0, 0.05) is 37.4 Å². The number of anilines is 1. The Morgan fingerprint density at radius 1 is 0.926 bits per heavy atom. The first-order chi connectivity index (χ1) is 13.1. The molecule has 5 heteroatoms. The molecular weight excluding hydrogens is 340 g/mol. The van der Waals surface area contributed by atoms with Gasteiger partial charge in [0.15, 0.2) is 17.3 Å². The lowest BCUT2D eigenvalue weighted by atomic mass is 10.1. The zero-order chi connectivity index (χ0) is 19.2. The molecule has 1 fully saturated rings. The number of allylic oxidation sites excluding steroid dienone is 1. The second-order valence-electron chi connectivity index (χ2n) is 6.65. The molecule has 3 rings (SSSR count). The van der Waals surface area contributed by atoms with E-state index >= 15 is 0 Å². The van der Waals surface area contributed by atoms with E-state index in [1.165, 1.54) is 5.69 Å². The summed E-state index contributed by atoms with van der Waals surface area (Å²) in [5.41, 5.74) is 2.80. The standard InChI is InChI=1S/C22H26N2O3/c1-23-12-14-24(15-13-23)19-8-4-17(5-9-19)6-10-20(25)18-7-11-21(26-2)22(16-18)27-3/h4-11,16H,12-15H2,1-3H3/b10-6+. The molecule has 0 amide bonds. The van der Waals surface area contributed by atoms with E-state index in [4.69, 9.17) is 9.47 Å². The van der Waals surface area contributed by atoms with Crippen LogP contribution in [0.3, 0.4) is 0 Å². The van der Waals surface area contributed by atoms with Crippen LogP contribution in [-0.4, -0.2) is 58.1 Å². The summed E-state index contributed by atoms with van der Waals surface area (Å²) >= 11 is 0. The third kappa shape index (κ3) is 4.68. The van der Waals surface area contributed by atoms with Crippen LogP contribution < -0.4 is 14.4 Å². The largest absolute Gasteiger partial charge is 0.493 e. The van der Waals surface area contributed by atoms with Gasteiger partial charge < -0.3 is 19.3 Å². The van der Waals surface area contributed by atoms with Crippen molar-refractivity contribution in [2.45, 2.75) is 0 Å². The maximum atomic E-state index is 12.4. The highest BCUT2D eigenvalue weighted by Gasteiger charge is 2.14. The van der Waals surface area contributed by atoms with Gasteiger partial charge in [0.2, 0.25) is 0 Å². The monoisotopic (exact) mass is 366 g/mol. The molecule has 1 saturated heterocycles. The Balaban J connectivity index is 1.66. The highest BCUT2D eigenvalue weighted by atomic mass is 16.5. The fourth-order valence-corrected chi connectivity index (χ4v) is 3.12. The molecule has 0 aromatic heterocycles. The van der Waals surface area contributed by atoms with E-state index in [2.05, 4.69) is 29.0 Å². The lowest BCUT2D eigenvalue weighted by Gasteiger charge is -2.34. The molecule has 2 aromatic rings. The van der Waals surface area contributed by atoms with Gasteiger partial charge in [0.05, 0.1) is 14.2 Å². The van der Waals surface area contributed by atoms with Crippen molar-refractivity contribution in [1.82, 2.24) is 4.90 Å². The number of rotatable bonds is 6. The summed E-state index contributed by atoms with van der Waals surface area (Å²) in [5, 5.41) is 0. The summed E-state index contributed by atoms with van der Waals surface area (Å²) in [4.78, 5) is 17.2. The molecule has 0 aliphatic carbocycles. The number of hydrogen-bond acceptors (Lipinski definition) is 5. The third-order valence-corrected chi connectivity index (χ3v) is 4.86. The summed E-state index contributed by atoms with van der Waals surface area (Å²) in [5.74, 6) is 1.09. The van der Waals surface area contributed by atoms with Crippen LogP contribution in [0.15, 0.2) is 48.5 Å². The average Bonchev–Trinajstić information content (AvgIpc) is 2.72. The predicted octanol–water partition coefficient (Wildman–Crippen LogP) is 3.35. The number of ketones is 1. The first-order valence-corrected chi connectivity index (χ1v) is 9.08. The van der Waals surface area contributed by atoms with Gasteiger partial charge in [-0.3, -0.25) is 4.79 Å². The molecule has 0 bridgehead atoms. The molecule has 0 N–H and O–H groups in total. The van der Waals surface area contributed by atoms with E-state index in [0.717, 1.165) is 31.7 Å².